The summed E-state index contributed by atoms with van der Waals surface area (Å²) < 4.78 is 0. The Morgan fingerprint density at radius 1 is 1.26 bits per heavy atom. The molecule has 0 bridgehead atoms. The van der Waals surface area contributed by atoms with E-state index in [0.29, 0.717) is 24.5 Å². The van der Waals surface area contributed by atoms with Gasteiger partial charge in [0.25, 0.3) is 5.91 Å². The van der Waals surface area contributed by atoms with Crippen molar-refractivity contribution in [1.82, 2.24) is 25.6 Å². The molecule has 186 valence electrons. The minimum Gasteiger partial charge on any atom is -0.465 e. The second-order valence-corrected chi connectivity index (χ2v) is 8.78. The standard InChI is InChI=1S/C24H30ClN7O3/c1-2-31(13-5-12-27-24(34)35)16-17-8-10-18(11-9-17)23(33)30-32(19-6-3-4-7-19)22-20(25)15-28-21(14-26)29-22/h8-11,15,19,27H,2-7,12-13,16H2,1H3,(H,30,33)(H,34,35). The summed E-state index contributed by atoms with van der Waals surface area (Å²) in [6, 6.07) is 9.34. The number of benzene rings is 1. The van der Waals surface area contributed by atoms with E-state index in [-0.39, 0.29) is 22.8 Å². The number of carboxylic acid groups (broad SMARTS) is 1. The highest BCUT2D eigenvalue weighted by Crippen LogP contribution is 2.30. The Kier molecular flexibility index (Phi) is 9.64. The van der Waals surface area contributed by atoms with Gasteiger partial charge in [0.15, 0.2) is 5.82 Å². The summed E-state index contributed by atoms with van der Waals surface area (Å²) in [6.45, 7) is 4.76. The highest BCUT2D eigenvalue weighted by molar-refractivity contribution is 6.32. The predicted molar refractivity (Wildman–Crippen MR) is 132 cm³/mol. The number of nitriles is 1. The van der Waals surface area contributed by atoms with Crippen molar-refractivity contribution in [2.45, 2.75) is 51.6 Å². The van der Waals surface area contributed by atoms with Gasteiger partial charge in [-0.3, -0.25) is 20.1 Å². The highest BCUT2D eigenvalue weighted by Gasteiger charge is 2.28. The smallest absolute Gasteiger partial charge is 0.404 e. The topological polar surface area (TPSA) is 134 Å². The van der Waals surface area contributed by atoms with Crippen LogP contribution in [0.25, 0.3) is 0 Å². The van der Waals surface area contributed by atoms with Crippen LogP contribution in [0.1, 0.15) is 60.8 Å². The normalized spacial score (nSPS) is 13.4. The average Bonchev–Trinajstić information content (AvgIpc) is 3.40. The average molecular weight is 500 g/mol. The van der Waals surface area contributed by atoms with Crippen LogP contribution in [0.15, 0.2) is 30.5 Å². The van der Waals surface area contributed by atoms with Gasteiger partial charge in [0.1, 0.15) is 11.1 Å². The van der Waals surface area contributed by atoms with Crippen LogP contribution in [-0.2, 0) is 6.54 Å². The minimum atomic E-state index is -1.01. The predicted octanol–water partition coefficient (Wildman–Crippen LogP) is 3.58. The number of hydrogen-bond acceptors (Lipinski definition) is 7. The molecule has 35 heavy (non-hydrogen) atoms. The van der Waals surface area contributed by atoms with Crippen LogP contribution in [0, 0.1) is 11.3 Å². The summed E-state index contributed by atoms with van der Waals surface area (Å²) in [5, 5.41) is 22.2. The van der Waals surface area contributed by atoms with E-state index in [0.717, 1.165) is 50.8 Å². The Hall–Kier alpha value is -3.42. The maximum absolute atomic E-state index is 13.1. The first-order valence-electron chi connectivity index (χ1n) is 11.7. The number of carbonyl (C=O) groups excluding carboxylic acids is 1. The maximum atomic E-state index is 13.1. The summed E-state index contributed by atoms with van der Waals surface area (Å²) in [5.41, 5.74) is 4.50. The molecule has 1 saturated carbocycles. The number of rotatable bonds is 11. The lowest BCUT2D eigenvalue weighted by atomic mass is 10.1. The summed E-state index contributed by atoms with van der Waals surface area (Å²) in [6.07, 6.45) is 4.94. The van der Waals surface area contributed by atoms with E-state index >= 15 is 0 Å². The fourth-order valence-corrected chi connectivity index (χ4v) is 4.28. The number of amides is 2. The van der Waals surface area contributed by atoms with Gasteiger partial charge in [-0.15, -0.1) is 0 Å². The maximum Gasteiger partial charge on any atom is 0.404 e. The first kappa shape index (κ1) is 26.2. The van der Waals surface area contributed by atoms with Gasteiger partial charge in [-0.25, -0.2) is 9.78 Å². The number of carbonyl (C=O) groups is 2. The number of hydrazine groups is 1. The van der Waals surface area contributed by atoms with E-state index in [4.69, 9.17) is 16.7 Å². The molecule has 3 rings (SSSR count). The second kappa shape index (κ2) is 12.9. The summed E-state index contributed by atoms with van der Waals surface area (Å²) in [7, 11) is 0. The molecular weight excluding hydrogens is 470 g/mol. The van der Waals surface area contributed by atoms with Crippen LogP contribution >= 0.6 is 11.6 Å². The fourth-order valence-electron chi connectivity index (χ4n) is 4.10. The monoisotopic (exact) mass is 499 g/mol. The Morgan fingerprint density at radius 3 is 2.60 bits per heavy atom. The molecule has 10 nitrogen and oxygen atoms in total. The molecule has 0 atom stereocenters. The molecule has 1 aromatic heterocycles. The number of nitrogens with zero attached hydrogens (tertiary/aromatic N) is 5. The van der Waals surface area contributed by atoms with Gasteiger partial charge in [-0.2, -0.15) is 10.2 Å². The first-order valence-corrected chi connectivity index (χ1v) is 12.1. The lowest BCUT2D eigenvalue weighted by Crippen LogP contribution is -2.48. The van der Waals surface area contributed by atoms with Crippen LogP contribution in [0.4, 0.5) is 10.6 Å². The van der Waals surface area contributed by atoms with Gasteiger partial charge >= 0.3 is 6.09 Å². The molecule has 1 fully saturated rings. The lowest BCUT2D eigenvalue weighted by Gasteiger charge is -2.30. The molecular formula is C24H30ClN7O3. The van der Waals surface area contributed by atoms with Gasteiger partial charge in [-0.05, 0) is 43.5 Å². The Bertz CT molecular complexity index is 1050. The molecule has 3 N–H and O–H groups in total. The van der Waals surface area contributed by atoms with E-state index in [9.17, 15) is 14.9 Å². The summed E-state index contributed by atoms with van der Waals surface area (Å²) >= 11 is 6.33. The Morgan fingerprint density at radius 2 is 1.97 bits per heavy atom. The fraction of sp³-hybridized carbons (Fsp3) is 0.458. The third-order valence-electron chi connectivity index (χ3n) is 5.96. The van der Waals surface area contributed by atoms with Crippen LogP contribution < -0.4 is 15.8 Å². The Labute approximate surface area is 209 Å². The zero-order chi connectivity index (χ0) is 25.2. The minimum absolute atomic E-state index is 0.00906. The van der Waals surface area contributed by atoms with E-state index < -0.39 is 6.09 Å². The van der Waals surface area contributed by atoms with Gasteiger partial charge in [0.2, 0.25) is 5.82 Å². The van der Waals surface area contributed by atoms with Crippen molar-refractivity contribution in [2.24, 2.45) is 0 Å². The van der Waals surface area contributed by atoms with Gasteiger partial charge < -0.3 is 10.4 Å². The molecule has 1 aromatic carbocycles. The van der Waals surface area contributed by atoms with Crippen molar-refractivity contribution in [3.8, 4) is 6.07 Å². The van der Waals surface area contributed by atoms with Gasteiger partial charge in [-0.1, -0.05) is 43.5 Å². The van der Waals surface area contributed by atoms with E-state index in [1.54, 1.807) is 17.1 Å². The molecule has 0 aliphatic heterocycles. The molecule has 11 heteroatoms. The van der Waals surface area contributed by atoms with Crippen molar-refractivity contribution in [3.05, 3.63) is 52.4 Å². The van der Waals surface area contributed by atoms with Crippen molar-refractivity contribution in [2.75, 3.05) is 24.6 Å². The second-order valence-electron chi connectivity index (χ2n) is 8.38. The zero-order valence-electron chi connectivity index (χ0n) is 19.7. The molecule has 0 spiro atoms. The van der Waals surface area contributed by atoms with Gasteiger partial charge in [0.05, 0.1) is 12.2 Å². The third kappa shape index (κ3) is 7.53. The number of nitrogens with one attached hydrogen (secondary N) is 2. The molecule has 1 aliphatic rings. The number of anilines is 1. The SMILES string of the molecule is CCN(CCCNC(=O)O)Cc1ccc(C(=O)NN(c2nc(C#N)ncc2Cl)C2CCCC2)cc1. The van der Waals surface area contributed by atoms with Crippen LogP contribution in [0.2, 0.25) is 5.02 Å². The molecule has 0 radical (unpaired) electrons. The molecule has 2 aromatic rings. The van der Waals surface area contributed by atoms with Crippen molar-refractivity contribution < 1.29 is 14.7 Å². The summed E-state index contributed by atoms with van der Waals surface area (Å²) in [4.78, 5) is 34.0. The van der Waals surface area contributed by atoms with Crippen LogP contribution in [-0.4, -0.2) is 57.7 Å². The summed E-state index contributed by atoms with van der Waals surface area (Å²) in [5.74, 6) is 0.0278. The molecule has 0 saturated heterocycles. The molecule has 1 aliphatic carbocycles. The van der Waals surface area contributed by atoms with Crippen molar-refractivity contribution in [1.29, 1.82) is 5.26 Å². The number of aromatic nitrogens is 2. The third-order valence-corrected chi connectivity index (χ3v) is 6.23. The van der Waals surface area contributed by atoms with Crippen molar-refractivity contribution in [3.63, 3.8) is 0 Å². The first-order chi connectivity index (χ1) is 16.9. The highest BCUT2D eigenvalue weighted by atomic mass is 35.5. The van der Waals surface area contributed by atoms with E-state index in [2.05, 4.69) is 32.5 Å². The van der Waals surface area contributed by atoms with E-state index in [1.807, 2.05) is 18.2 Å². The molecule has 1 heterocycles. The lowest BCUT2D eigenvalue weighted by molar-refractivity contribution is 0.0943. The zero-order valence-corrected chi connectivity index (χ0v) is 20.5. The van der Waals surface area contributed by atoms with Crippen LogP contribution in [0.5, 0.6) is 0 Å². The van der Waals surface area contributed by atoms with E-state index in [1.165, 1.54) is 6.20 Å². The van der Waals surface area contributed by atoms with Crippen molar-refractivity contribution >= 4 is 29.4 Å². The van der Waals surface area contributed by atoms with Gasteiger partial charge in [0, 0.05) is 25.2 Å². The molecule has 2 amide bonds. The number of halogens is 1. The number of hydrogen-bond donors (Lipinski definition) is 3. The molecule has 0 unspecified atom stereocenters. The quantitative estimate of drug-likeness (QED) is 0.315. The largest absolute Gasteiger partial charge is 0.465 e. The van der Waals surface area contributed by atoms with Crippen LogP contribution in [0.3, 0.4) is 0 Å². The Balaban J connectivity index is 1.66.